The van der Waals surface area contributed by atoms with Crippen molar-refractivity contribution in [2.45, 2.75) is 77.6 Å². The quantitative estimate of drug-likeness (QED) is 0.387. The van der Waals surface area contributed by atoms with Gasteiger partial charge in [-0.15, -0.1) is 6.42 Å². The highest BCUT2D eigenvalue weighted by Gasteiger charge is 2.48. The van der Waals surface area contributed by atoms with Gasteiger partial charge in [-0.25, -0.2) is 4.79 Å². The van der Waals surface area contributed by atoms with Crippen LogP contribution in [0.5, 0.6) is 0 Å². The van der Waals surface area contributed by atoms with Crippen LogP contribution in [0.4, 0.5) is 10.5 Å². The number of terminal acetylenes is 1. The van der Waals surface area contributed by atoms with Crippen LogP contribution in [0.1, 0.15) is 69.7 Å². The van der Waals surface area contributed by atoms with Gasteiger partial charge >= 0.3 is 6.09 Å². The highest BCUT2D eigenvalue weighted by Crippen LogP contribution is 2.41. The molecular weight excluding hydrogens is 508 g/mol. The largest absolute Gasteiger partial charge is 0.444 e. The molecule has 4 atom stereocenters. The first-order valence-corrected chi connectivity index (χ1v) is 13.3. The first-order valence-electron chi connectivity index (χ1n) is 13.3. The minimum absolute atomic E-state index is 0.0484. The summed E-state index contributed by atoms with van der Waals surface area (Å²) in [6.45, 7) is 8.98. The van der Waals surface area contributed by atoms with Gasteiger partial charge in [0.2, 0.25) is 11.8 Å². The molecule has 0 saturated heterocycles. The van der Waals surface area contributed by atoms with Crippen molar-refractivity contribution in [3.63, 3.8) is 0 Å². The molecule has 212 valence electrons. The number of carbonyl (C=O) groups is 4. The van der Waals surface area contributed by atoms with Gasteiger partial charge in [0.05, 0.1) is 0 Å². The summed E-state index contributed by atoms with van der Waals surface area (Å²) in [7, 11) is 0. The number of nitrogens with two attached hydrogens (primary N) is 1. The lowest BCUT2D eigenvalue weighted by Crippen LogP contribution is -2.53. The number of rotatable bonds is 10. The number of hydrogen-bond acceptors (Lipinski definition) is 5. The summed E-state index contributed by atoms with van der Waals surface area (Å²) in [5, 5.41) is 5.58. The zero-order valence-corrected chi connectivity index (χ0v) is 23.7. The summed E-state index contributed by atoms with van der Waals surface area (Å²) >= 11 is 0. The van der Waals surface area contributed by atoms with Crippen molar-refractivity contribution in [1.29, 1.82) is 0 Å². The molecule has 1 saturated carbocycles. The Morgan fingerprint density at radius 3 is 2.27 bits per heavy atom. The molecule has 40 heavy (non-hydrogen) atoms. The molecule has 4 amide bonds. The molecule has 0 aliphatic heterocycles. The zero-order valence-electron chi connectivity index (χ0n) is 23.7. The van der Waals surface area contributed by atoms with Gasteiger partial charge in [-0.3, -0.25) is 14.4 Å². The molecule has 4 N–H and O–H groups in total. The average Bonchev–Trinajstić information content (AvgIpc) is 3.60. The molecule has 1 fully saturated rings. The van der Waals surface area contributed by atoms with E-state index in [0.717, 1.165) is 5.56 Å². The van der Waals surface area contributed by atoms with E-state index in [1.54, 1.807) is 51.1 Å². The highest BCUT2D eigenvalue weighted by atomic mass is 16.6. The summed E-state index contributed by atoms with van der Waals surface area (Å²) in [5.74, 6) is 1.15. The van der Waals surface area contributed by atoms with Crippen LogP contribution in [-0.2, 0) is 19.1 Å². The van der Waals surface area contributed by atoms with Gasteiger partial charge in [-0.1, -0.05) is 43.2 Å². The Morgan fingerprint density at radius 2 is 1.75 bits per heavy atom. The van der Waals surface area contributed by atoms with E-state index in [-0.39, 0.29) is 24.8 Å². The number of benzene rings is 2. The van der Waals surface area contributed by atoms with Crippen molar-refractivity contribution in [3.8, 4) is 12.3 Å². The number of anilines is 1. The molecule has 4 unspecified atom stereocenters. The SMILES string of the molecule is C#Cc1ccc(C(C(=O)Nc2ccccc2C)N(C(=O)C(CCC(N)=O)NC(=O)OC(C)(C)C)C2CC2C)cc1. The van der Waals surface area contributed by atoms with Crippen LogP contribution in [0.2, 0.25) is 0 Å². The fourth-order valence-corrected chi connectivity index (χ4v) is 4.46. The topological polar surface area (TPSA) is 131 Å². The lowest BCUT2D eigenvalue weighted by atomic mass is 9.99. The molecule has 9 heteroatoms. The van der Waals surface area contributed by atoms with Gasteiger partial charge in [-0.2, -0.15) is 0 Å². The molecule has 1 aliphatic rings. The van der Waals surface area contributed by atoms with E-state index < -0.39 is 41.5 Å². The number of amides is 4. The monoisotopic (exact) mass is 546 g/mol. The maximum absolute atomic E-state index is 14.2. The van der Waals surface area contributed by atoms with Gasteiger partial charge in [0.1, 0.15) is 17.7 Å². The van der Waals surface area contributed by atoms with Crippen LogP contribution >= 0.6 is 0 Å². The molecule has 2 aromatic carbocycles. The third-order valence-electron chi connectivity index (χ3n) is 6.67. The zero-order chi connectivity index (χ0) is 29.6. The molecular formula is C31H38N4O5. The maximum atomic E-state index is 14.2. The van der Waals surface area contributed by atoms with Gasteiger partial charge in [0.25, 0.3) is 5.91 Å². The number of hydrogen-bond donors (Lipinski definition) is 3. The Hall–Kier alpha value is -4.32. The maximum Gasteiger partial charge on any atom is 0.408 e. The third-order valence-corrected chi connectivity index (χ3v) is 6.67. The van der Waals surface area contributed by atoms with Gasteiger partial charge in [0, 0.05) is 23.7 Å². The summed E-state index contributed by atoms with van der Waals surface area (Å²) in [5.41, 5.74) is 7.24. The van der Waals surface area contributed by atoms with Crippen LogP contribution in [0, 0.1) is 25.2 Å². The molecule has 0 spiro atoms. The number of nitrogens with one attached hydrogen (secondary N) is 2. The molecule has 0 heterocycles. The van der Waals surface area contributed by atoms with Crippen LogP contribution in [0.3, 0.4) is 0 Å². The van der Waals surface area contributed by atoms with E-state index in [1.165, 1.54) is 4.90 Å². The lowest BCUT2D eigenvalue weighted by Gasteiger charge is -2.35. The first-order chi connectivity index (χ1) is 18.8. The molecule has 2 aromatic rings. The number of carbonyl (C=O) groups excluding carboxylic acids is 4. The summed E-state index contributed by atoms with van der Waals surface area (Å²) in [6.07, 6.45) is 5.22. The molecule has 1 aliphatic carbocycles. The molecule has 0 radical (unpaired) electrons. The normalized spacial score (nSPS) is 17.5. The van der Waals surface area contributed by atoms with Crippen LogP contribution in [-0.4, -0.2) is 46.4 Å². The van der Waals surface area contributed by atoms with Crippen molar-refractivity contribution >= 4 is 29.5 Å². The van der Waals surface area contributed by atoms with Crippen LogP contribution in [0.15, 0.2) is 48.5 Å². The van der Waals surface area contributed by atoms with E-state index in [4.69, 9.17) is 16.9 Å². The Balaban J connectivity index is 2.04. The fraction of sp³-hybridized carbons (Fsp3) is 0.419. The van der Waals surface area contributed by atoms with Gasteiger partial charge in [0.15, 0.2) is 0 Å². The van der Waals surface area contributed by atoms with Gasteiger partial charge < -0.3 is 26.0 Å². The summed E-state index contributed by atoms with van der Waals surface area (Å²) < 4.78 is 5.38. The standard InChI is InChI=1S/C31H38N4O5/c1-7-21-12-14-22(15-13-21)27(28(37)33-23-11-9-8-10-19(23)2)35(25-18-20(25)3)29(38)24(16-17-26(32)36)34-30(39)40-31(4,5)6/h1,8-15,20,24-25,27H,16-18H2,2-6H3,(H2,32,36)(H,33,37)(H,34,39). The third kappa shape index (κ3) is 8.09. The second kappa shape index (κ2) is 12.7. The second-order valence-corrected chi connectivity index (χ2v) is 11.2. The second-order valence-electron chi connectivity index (χ2n) is 11.2. The Morgan fingerprint density at radius 1 is 1.12 bits per heavy atom. The number of ether oxygens (including phenoxy) is 1. The van der Waals surface area contributed by atoms with Crippen molar-refractivity contribution < 1.29 is 23.9 Å². The van der Waals surface area contributed by atoms with Crippen molar-refractivity contribution in [3.05, 3.63) is 65.2 Å². The van der Waals surface area contributed by atoms with Crippen molar-refractivity contribution in [2.24, 2.45) is 11.7 Å². The Labute approximate surface area is 235 Å². The molecule has 9 nitrogen and oxygen atoms in total. The minimum Gasteiger partial charge on any atom is -0.444 e. The summed E-state index contributed by atoms with van der Waals surface area (Å²) in [4.78, 5) is 54.1. The number of alkyl carbamates (subject to hydrolysis) is 1. The molecule has 3 rings (SSSR count). The van der Waals surface area contributed by atoms with E-state index >= 15 is 0 Å². The smallest absolute Gasteiger partial charge is 0.408 e. The Bertz CT molecular complexity index is 1290. The van der Waals surface area contributed by atoms with Crippen LogP contribution < -0.4 is 16.4 Å². The summed E-state index contributed by atoms with van der Waals surface area (Å²) in [6, 6.07) is 11.8. The molecule has 0 bridgehead atoms. The lowest BCUT2D eigenvalue weighted by molar-refractivity contribution is -0.142. The number of primary amides is 1. The number of nitrogens with zero attached hydrogens (tertiary/aromatic N) is 1. The van der Waals surface area contributed by atoms with E-state index in [1.807, 2.05) is 32.0 Å². The van der Waals surface area contributed by atoms with Crippen molar-refractivity contribution in [1.82, 2.24) is 10.2 Å². The van der Waals surface area contributed by atoms with E-state index in [0.29, 0.717) is 23.2 Å². The number of para-hydroxylation sites is 1. The van der Waals surface area contributed by atoms with Crippen LogP contribution in [0.25, 0.3) is 0 Å². The van der Waals surface area contributed by atoms with E-state index in [2.05, 4.69) is 16.6 Å². The molecule has 0 aromatic heterocycles. The highest BCUT2D eigenvalue weighted by molar-refractivity contribution is 5.99. The van der Waals surface area contributed by atoms with E-state index in [9.17, 15) is 19.2 Å². The first kappa shape index (κ1) is 30.2. The average molecular weight is 547 g/mol. The number of aryl methyl sites for hydroxylation is 1. The minimum atomic E-state index is -1.14. The Kier molecular flexibility index (Phi) is 9.59. The fourth-order valence-electron chi connectivity index (χ4n) is 4.46. The predicted octanol–water partition coefficient (Wildman–Crippen LogP) is 4.05. The van der Waals surface area contributed by atoms with Crippen molar-refractivity contribution in [2.75, 3.05) is 5.32 Å². The van der Waals surface area contributed by atoms with Gasteiger partial charge in [-0.05, 0) is 75.8 Å². The predicted molar refractivity (Wildman–Crippen MR) is 153 cm³/mol.